The van der Waals surface area contributed by atoms with Crippen LogP contribution in [0, 0.1) is 0 Å². The lowest BCUT2D eigenvalue weighted by Gasteiger charge is -2.23. The molecule has 2 aromatic rings. The number of ether oxygens (including phenoxy) is 1. The first-order chi connectivity index (χ1) is 15.6. The van der Waals surface area contributed by atoms with Gasteiger partial charge in [0, 0.05) is 0 Å². The van der Waals surface area contributed by atoms with Gasteiger partial charge in [-0.15, -0.1) is 0 Å². The number of rotatable bonds is 11. The normalized spacial score (nSPS) is 13.9. The van der Waals surface area contributed by atoms with E-state index in [9.17, 15) is 33.0 Å². The van der Waals surface area contributed by atoms with Gasteiger partial charge in [-0.2, -0.15) is 0 Å². The number of aliphatic hydroxyl groups excluding tert-OH is 1. The van der Waals surface area contributed by atoms with Crippen molar-refractivity contribution in [3.05, 3.63) is 66.2 Å². The number of carboxylic acid groups (broad SMARTS) is 1. The van der Waals surface area contributed by atoms with E-state index in [2.05, 4.69) is 10.6 Å². The number of carbonyl (C=O) groups excluding carboxylic acids is 2. The molecule has 2 aromatic carbocycles. The Morgan fingerprint density at radius 3 is 2.09 bits per heavy atom. The fraction of sp³-hybridized carbons (Fsp3) is 0.318. The van der Waals surface area contributed by atoms with Crippen LogP contribution >= 0.6 is 0 Å². The van der Waals surface area contributed by atoms with Crippen LogP contribution in [0.2, 0.25) is 0 Å². The zero-order valence-corrected chi connectivity index (χ0v) is 18.7. The van der Waals surface area contributed by atoms with Crippen LogP contribution in [0.15, 0.2) is 65.6 Å². The van der Waals surface area contributed by atoms with E-state index in [1.165, 1.54) is 19.1 Å². The van der Waals surface area contributed by atoms with Crippen LogP contribution in [0.3, 0.4) is 0 Å². The van der Waals surface area contributed by atoms with Crippen molar-refractivity contribution < 1.29 is 37.8 Å². The molecule has 10 nitrogen and oxygen atoms in total. The predicted molar refractivity (Wildman–Crippen MR) is 118 cm³/mol. The van der Waals surface area contributed by atoms with Gasteiger partial charge in [0.2, 0.25) is 5.91 Å². The minimum atomic E-state index is -3.77. The maximum Gasteiger partial charge on any atom is 0.408 e. The molecule has 4 N–H and O–H groups in total. The number of amides is 2. The van der Waals surface area contributed by atoms with Crippen molar-refractivity contribution in [3.63, 3.8) is 0 Å². The summed E-state index contributed by atoms with van der Waals surface area (Å²) in [5, 5.41) is 23.7. The molecule has 0 heterocycles. The largest absolute Gasteiger partial charge is 0.480 e. The summed E-state index contributed by atoms with van der Waals surface area (Å²) in [6.07, 6.45) is -2.78. The summed E-state index contributed by atoms with van der Waals surface area (Å²) in [4.78, 5) is 36.2. The van der Waals surface area contributed by atoms with Crippen molar-refractivity contribution in [1.29, 1.82) is 0 Å². The van der Waals surface area contributed by atoms with Crippen molar-refractivity contribution in [2.45, 2.75) is 43.0 Å². The minimum Gasteiger partial charge on any atom is -0.480 e. The third-order valence-electron chi connectivity index (χ3n) is 4.64. The minimum absolute atomic E-state index is 0.0325. The van der Waals surface area contributed by atoms with E-state index in [4.69, 9.17) is 4.74 Å². The van der Waals surface area contributed by atoms with Crippen molar-refractivity contribution in [2.75, 3.05) is 5.75 Å². The smallest absolute Gasteiger partial charge is 0.408 e. The number of carbonyl (C=O) groups is 3. The highest BCUT2D eigenvalue weighted by Crippen LogP contribution is 2.12. The molecule has 178 valence electrons. The van der Waals surface area contributed by atoms with E-state index in [1.807, 2.05) is 0 Å². The average Bonchev–Trinajstić information content (AvgIpc) is 2.79. The molecular weight excluding hydrogens is 452 g/mol. The van der Waals surface area contributed by atoms with Gasteiger partial charge < -0.3 is 25.6 Å². The van der Waals surface area contributed by atoms with Crippen molar-refractivity contribution in [3.8, 4) is 0 Å². The van der Waals surface area contributed by atoms with Crippen LogP contribution in [0.5, 0.6) is 0 Å². The highest BCUT2D eigenvalue weighted by molar-refractivity contribution is 7.91. The van der Waals surface area contributed by atoms with Gasteiger partial charge in [0.1, 0.15) is 18.7 Å². The lowest BCUT2D eigenvalue weighted by atomic mass is 10.1. The van der Waals surface area contributed by atoms with Gasteiger partial charge in [0.15, 0.2) is 9.84 Å². The van der Waals surface area contributed by atoms with E-state index in [1.54, 1.807) is 48.5 Å². The van der Waals surface area contributed by atoms with E-state index >= 15 is 0 Å². The number of sulfone groups is 1. The summed E-state index contributed by atoms with van der Waals surface area (Å²) >= 11 is 0. The molecule has 11 heteroatoms. The van der Waals surface area contributed by atoms with Crippen molar-refractivity contribution >= 4 is 27.8 Å². The number of hydrogen-bond donors (Lipinski definition) is 4. The Hall–Kier alpha value is -3.44. The topological polar surface area (TPSA) is 159 Å². The van der Waals surface area contributed by atoms with Crippen LogP contribution in [-0.2, 0) is 30.8 Å². The van der Waals surface area contributed by atoms with Crippen molar-refractivity contribution in [1.82, 2.24) is 10.6 Å². The van der Waals surface area contributed by atoms with Gasteiger partial charge >= 0.3 is 12.1 Å². The van der Waals surface area contributed by atoms with Crippen molar-refractivity contribution in [2.24, 2.45) is 0 Å². The molecule has 0 aliphatic heterocycles. The van der Waals surface area contributed by atoms with Gasteiger partial charge in [-0.1, -0.05) is 48.5 Å². The summed E-state index contributed by atoms with van der Waals surface area (Å²) in [6, 6.07) is 13.2. The van der Waals surface area contributed by atoms with E-state index in [0.29, 0.717) is 5.56 Å². The number of aliphatic carboxylic acids is 1. The van der Waals surface area contributed by atoms with E-state index in [0.717, 1.165) is 0 Å². The molecule has 2 rings (SSSR count). The van der Waals surface area contributed by atoms with Gasteiger partial charge in [-0.3, -0.25) is 4.79 Å². The Morgan fingerprint density at radius 1 is 0.970 bits per heavy atom. The van der Waals surface area contributed by atoms with Crippen LogP contribution in [0.4, 0.5) is 4.79 Å². The quantitative estimate of drug-likeness (QED) is 0.374. The maximum atomic E-state index is 12.5. The van der Waals surface area contributed by atoms with Gasteiger partial charge in [0.05, 0.1) is 16.8 Å². The standard InChI is InChI=1S/C22H26N2O8S/c1-15(25)19(24-22(29)32-14-16-8-4-2-5-9-16)20(26)23-18(21(27)28)12-13-33(30,31)17-10-6-3-7-11-17/h2-11,15,18-19,25H,12-14H2,1H3,(H,23,26)(H,24,29)(H,27,28)/t15-,18+,19+/m1/s1. The van der Waals surface area contributed by atoms with Gasteiger partial charge in [-0.05, 0) is 31.0 Å². The highest BCUT2D eigenvalue weighted by Gasteiger charge is 2.31. The fourth-order valence-corrected chi connectivity index (χ4v) is 4.19. The molecule has 2 amide bonds. The molecule has 0 aromatic heterocycles. The lowest BCUT2D eigenvalue weighted by molar-refractivity contribution is -0.142. The molecule has 0 aliphatic rings. The molecule has 0 aliphatic carbocycles. The molecule has 0 bridgehead atoms. The Kier molecular flexibility index (Phi) is 9.37. The van der Waals surface area contributed by atoms with Crippen LogP contribution in [0.25, 0.3) is 0 Å². The zero-order chi connectivity index (χ0) is 24.4. The molecule has 33 heavy (non-hydrogen) atoms. The molecule has 0 spiro atoms. The van der Waals surface area contributed by atoms with Gasteiger partial charge in [-0.25, -0.2) is 18.0 Å². The summed E-state index contributed by atoms with van der Waals surface area (Å²) in [5.41, 5.74) is 0.705. The average molecular weight is 479 g/mol. The molecule has 0 fully saturated rings. The number of alkyl carbamates (subject to hydrolysis) is 1. The molecule has 3 atom stereocenters. The Bertz CT molecular complexity index is 1040. The molecule has 0 saturated carbocycles. The zero-order valence-electron chi connectivity index (χ0n) is 17.9. The number of hydrogen-bond acceptors (Lipinski definition) is 7. The molecule has 0 unspecified atom stereocenters. The first kappa shape index (κ1) is 25.8. The first-order valence-corrected chi connectivity index (χ1v) is 11.7. The first-order valence-electron chi connectivity index (χ1n) is 10.1. The summed E-state index contributed by atoms with van der Waals surface area (Å²) in [6.45, 7) is 1.16. The highest BCUT2D eigenvalue weighted by atomic mass is 32.2. The van der Waals surface area contributed by atoms with E-state index < -0.39 is 58.2 Å². The second-order valence-corrected chi connectivity index (χ2v) is 9.35. The number of carboxylic acids is 1. The third kappa shape index (κ3) is 8.20. The summed E-state index contributed by atoms with van der Waals surface area (Å²) in [7, 11) is -3.77. The second-order valence-electron chi connectivity index (χ2n) is 7.24. The fourth-order valence-electron chi connectivity index (χ4n) is 2.83. The van der Waals surface area contributed by atoms with Crippen LogP contribution in [0.1, 0.15) is 18.9 Å². The van der Waals surface area contributed by atoms with Crippen LogP contribution < -0.4 is 10.6 Å². The Balaban J connectivity index is 1.97. The SMILES string of the molecule is C[C@@H](O)[C@H](NC(=O)OCc1ccccc1)C(=O)N[C@@H](CCS(=O)(=O)c1ccccc1)C(=O)O. The number of aliphatic hydroxyl groups is 1. The Labute approximate surface area is 191 Å². The summed E-state index contributed by atoms with van der Waals surface area (Å²) in [5.74, 6) is -2.98. The predicted octanol–water partition coefficient (Wildman–Crippen LogP) is 1.10. The van der Waals surface area contributed by atoms with E-state index in [-0.39, 0.29) is 11.5 Å². The number of nitrogens with one attached hydrogen (secondary N) is 2. The Morgan fingerprint density at radius 2 is 1.55 bits per heavy atom. The maximum absolute atomic E-state index is 12.5. The summed E-state index contributed by atoms with van der Waals surface area (Å²) < 4.78 is 29.8. The molecular formula is C22H26N2O8S. The van der Waals surface area contributed by atoms with Crippen LogP contribution in [-0.4, -0.2) is 60.5 Å². The molecule has 0 radical (unpaired) electrons. The monoisotopic (exact) mass is 478 g/mol. The van der Waals surface area contributed by atoms with Gasteiger partial charge in [0.25, 0.3) is 0 Å². The molecule has 0 saturated heterocycles. The third-order valence-corrected chi connectivity index (χ3v) is 6.41. The lowest BCUT2D eigenvalue weighted by Crippen LogP contribution is -2.56. The second kappa shape index (κ2) is 12.0. The number of benzene rings is 2.